The molecule has 1 fully saturated rings. The minimum atomic E-state index is -3.63. The van der Waals surface area contributed by atoms with Gasteiger partial charge in [0.15, 0.2) is 0 Å². The Balaban J connectivity index is 2.20. The van der Waals surface area contributed by atoms with E-state index in [1.165, 1.54) is 6.07 Å². The summed E-state index contributed by atoms with van der Waals surface area (Å²) in [4.78, 5) is 4.91. The van der Waals surface area contributed by atoms with Crippen LogP contribution in [0.1, 0.15) is 5.56 Å². The van der Waals surface area contributed by atoms with Gasteiger partial charge in [-0.05, 0) is 31.7 Å². The smallest absolute Gasteiger partial charge is 0.253 e. The molecular weight excluding hydrogens is 300 g/mol. The predicted octanol–water partition coefficient (Wildman–Crippen LogP) is 0.671. The lowest BCUT2D eigenvalue weighted by Crippen LogP contribution is -2.52. The second-order valence-corrected chi connectivity index (χ2v) is 7.06. The summed E-state index contributed by atoms with van der Waals surface area (Å²) in [5.41, 5.74) is 6.53. The van der Waals surface area contributed by atoms with Crippen molar-refractivity contribution in [3.63, 3.8) is 0 Å². The number of nitrogens with zero attached hydrogens (tertiary/aromatic N) is 2. The molecule has 8 heteroatoms. The summed E-state index contributed by atoms with van der Waals surface area (Å²) >= 11 is 5.89. The fraction of sp³-hybridized carbons (Fsp3) is 0.500. The van der Waals surface area contributed by atoms with E-state index in [1.54, 1.807) is 18.0 Å². The summed E-state index contributed by atoms with van der Waals surface area (Å²) in [6.07, 6.45) is 0. The summed E-state index contributed by atoms with van der Waals surface area (Å²) in [6, 6.07) is 2.96. The lowest BCUT2D eigenvalue weighted by atomic mass is 10.2. The fourth-order valence-electron chi connectivity index (χ4n) is 2.07. The van der Waals surface area contributed by atoms with Crippen LogP contribution in [0.25, 0.3) is 0 Å². The van der Waals surface area contributed by atoms with Gasteiger partial charge in [-0.15, -0.1) is 4.83 Å². The van der Waals surface area contributed by atoms with Crippen LogP contribution in [-0.2, 0) is 10.0 Å². The summed E-state index contributed by atoms with van der Waals surface area (Å²) in [7, 11) is -1.62. The van der Waals surface area contributed by atoms with Gasteiger partial charge in [0, 0.05) is 26.2 Å². The van der Waals surface area contributed by atoms with Gasteiger partial charge in [-0.25, -0.2) is 13.4 Å². The van der Waals surface area contributed by atoms with E-state index in [1.807, 2.05) is 7.05 Å². The zero-order chi connectivity index (χ0) is 14.9. The number of benzene rings is 1. The van der Waals surface area contributed by atoms with Crippen LogP contribution in [0.3, 0.4) is 0 Å². The maximum atomic E-state index is 12.4. The van der Waals surface area contributed by atoms with Gasteiger partial charge < -0.3 is 10.6 Å². The molecule has 1 aromatic carbocycles. The Labute approximate surface area is 124 Å². The van der Waals surface area contributed by atoms with Crippen LogP contribution in [-0.4, -0.2) is 51.6 Å². The highest BCUT2D eigenvalue weighted by molar-refractivity contribution is 7.89. The van der Waals surface area contributed by atoms with Gasteiger partial charge in [0.1, 0.15) is 0 Å². The Morgan fingerprint density at radius 3 is 2.45 bits per heavy atom. The van der Waals surface area contributed by atoms with Crippen molar-refractivity contribution in [3.8, 4) is 0 Å². The lowest BCUT2D eigenvalue weighted by molar-refractivity contribution is 0.135. The molecule has 112 valence electrons. The number of piperazine rings is 1. The molecule has 0 unspecified atom stereocenters. The zero-order valence-corrected chi connectivity index (χ0v) is 13.1. The molecule has 0 aromatic heterocycles. The van der Waals surface area contributed by atoms with Crippen LogP contribution >= 0.6 is 11.6 Å². The molecule has 0 radical (unpaired) electrons. The number of aryl methyl sites for hydroxylation is 1. The van der Waals surface area contributed by atoms with E-state index in [0.717, 1.165) is 13.1 Å². The number of rotatable bonds is 3. The van der Waals surface area contributed by atoms with E-state index in [0.29, 0.717) is 23.7 Å². The molecule has 1 saturated heterocycles. The monoisotopic (exact) mass is 318 g/mol. The number of nitrogens with two attached hydrogens (primary N) is 1. The highest BCUT2D eigenvalue weighted by Gasteiger charge is 2.23. The van der Waals surface area contributed by atoms with Crippen molar-refractivity contribution in [3.05, 3.63) is 22.7 Å². The maximum Gasteiger partial charge on any atom is 0.253 e. The van der Waals surface area contributed by atoms with Gasteiger partial charge in [-0.2, -0.15) is 0 Å². The number of hydrogen-bond acceptors (Lipinski definition) is 5. The molecule has 0 atom stereocenters. The number of hydrogen-bond donors (Lipinski definition) is 2. The minimum absolute atomic E-state index is 0.165. The quantitative estimate of drug-likeness (QED) is 0.801. The normalized spacial score (nSPS) is 18.4. The average molecular weight is 319 g/mol. The molecule has 0 amide bonds. The molecule has 1 aliphatic heterocycles. The first kappa shape index (κ1) is 15.5. The topological polar surface area (TPSA) is 78.7 Å². The Morgan fingerprint density at radius 2 is 1.85 bits per heavy atom. The highest BCUT2D eigenvalue weighted by Crippen LogP contribution is 2.26. The Hall–Kier alpha value is -0.860. The number of sulfonamides is 1. The minimum Gasteiger partial charge on any atom is -0.397 e. The van der Waals surface area contributed by atoms with Gasteiger partial charge >= 0.3 is 0 Å². The number of hydrazine groups is 1. The van der Waals surface area contributed by atoms with Crippen molar-refractivity contribution >= 4 is 27.3 Å². The van der Waals surface area contributed by atoms with Crippen molar-refractivity contribution in [1.29, 1.82) is 0 Å². The van der Waals surface area contributed by atoms with E-state index in [9.17, 15) is 8.42 Å². The Bertz CT molecular complexity index is 598. The van der Waals surface area contributed by atoms with E-state index >= 15 is 0 Å². The number of nitrogens with one attached hydrogen (secondary N) is 1. The van der Waals surface area contributed by atoms with Crippen molar-refractivity contribution in [2.24, 2.45) is 0 Å². The van der Waals surface area contributed by atoms with E-state index in [-0.39, 0.29) is 10.6 Å². The highest BCUT2D eigenvalue weighted by atomic mass is 35.5. The first-order valence-corrected chi connectivity index (χ1v) is 8.17. The second kappa shape index (κ2) is 5.87. The largest absolute Gasteiger partial charge is 0.397 e. The zero-order valence-electron chi connectivity index (χ0n) is 11.6. The maximum absolute atomic E-state index is 12.4. The molecule has 0 spiro atoms. The molecule has 3 N–H and O–H groups in total. The SMILES string of the molecule is Cc1cc(Cl)c(N)cc1S(=O)(=O)NN1CCN(C)CC1. The van der Waals surface area contributed by atoms with Gasteiger partial charge in [0.2, 0.25) is 0 Å². The van der Waals surface area contributed by atoms with Crippen LogP contribution in [0.15, 0.2) is 17.0 Å². The molecule has 0 saturated carbocycles. The number of nitrogen functional groups attached to an aromatic ring is 1. The first-order chi connectivity index (χ1) is 9.29. The summed E-state index contributed by atoms with van der Waals surface area (Å²) < 4.78 is 24.8. The third kappa shape index (κ3) is 3.42. The van der Waals surface area contributed by atoms with Gasteiger partial charge in [0.05, 0.1) is 15.6 Å². The number of anilines is 1. The number of likely N-dealkylation sites (N-methyl/N-ethyl adjacent to an activating group) is 1. The van der Waals surface area contributed by atoms with Gasteiger partial charge in [0.25, 0.3) is 10.0 Å². The Kier molecular flexibility index (Phi) is 4.55. The molecule has 2 rings (SSSR count). The summed E-state index contributed by atoms with van der Waals surface area (Å²) in [5.74, 6) is 0. The fourth-order valence-corrected chi connectivity index (χ4v) is 3.68. The van der Waals surface area contributed by atoms with E-state index in [4.69, 9.17) is 17.3 Å². The molecular formula is C12H19ClN4O2S. The van der Waals surface area contributed by atoms with Crippen molar-refractivity contribution in [2.75, 3.05) is 39.0 Å². The lowest BCUT2D eigenvalue weighted by Gasteiger charge is -2.32. The van der Waals surface area contributed by atoms with Crippen molar-refractivity contribution < 1.29 is 8.42 Å². The number of halogens is 1. The first-order valence-electron chi connectivity index (χ1n) is 6.31. The van der Waals surface area contributed by atoms with Crippen LogP contribution in [0.4, 0.5) is 5.69 Å². The van der Waals surface area contributed by atoms with Crippen LogP contribution in [0.5, 0.6) is 0 Å². The van der Waals surface area contributed by atoms with E-state index < -0.39 is 10.0 Å². The van der Waals surface area contributed by atoms with Gasteiger partial charge in [-0.3, -0.25) is 0 Å². The summed E-state index contributed by atoms with van der Waals surface area (Å²) in [5, 5.41) is 2.07. The molecule has 20 heavy (non-hydrogen) atoms. The van der Waals surface area contributed by atoms with Crippen LogP contribution in [0.2, 0.25) is 5.02 Å². The second-order valence-electron chi connectivity index (χ2n) is 5.02. The standard InChI is InChI=1S/C12H19ClN4O2S/c1-9-7-10(13)11(14)8-12(9)20(18,19)15-17-5-3-16(2)4-6-17/h7-8,15H,3-6,14H2,1-2H3. The van der Waals surface area contributed by atoms with Crippen molar-refractivity contribution in [1.82, 2.24) is 14.7 Å². The molecule has 0 aliphatic carbocycles. The van der Waals surface area contributed by atoms with E-state index in [2.05, 4.69) is 9.73 Å². The van der Waals surface area contributed by atoms with Gasteiger partial charge in [-0.1, -0.05) is 11.6 Å². The van der Waals surface area contributed by atoms with Crippen LogP contribution in [0, 0.1) is 6.92 Å². The molecule has 0 bridgehead atoms. The third-order valence-electron chi connectivity index (χ3n) is 3.34. The van der Waals surface area contributed by atoms with Crippen LogP contribution < -0.4 is 10.6 Å². The third-order valence-corrected chi connectivity index (χ3v) is 5.18. The molecule has 1 aliphatic rings. The van der Waals surface area contributed by atoms with Crippen molar-refractivity contribution in [2.45, 2.75) is 11.8 Å². The molecule has 1 heterocycles. The Morgan fingerprint density at radius 1 is 1.25 bits per heavy atom. The predicted molar refractivity (Wildman–Crippen MR) is 80.0 cm³/mol. The molecule has 6 nitrogen and oxygen atoms in total. The average Bonchev–Trinajstić information content (AvgIpc) is 2.36. The summed E-state index contributed by atoms with van der Waals surface area (Å²) in [6.45, 7) is 4.65. The molecule has 1 aromatic rings.